The molecule has 0 saturated carbocycles. The normalized spacial score (nSPS) is 11.9. The number of nitrogens with one attached hydrogen (secondary N) is 1. The van der Waals surface area contributed by atoms with Gasteiger partial charge in [-0.25, -0.2) is 0 Å². The third-order valence-electron chi connectivity index (χ3n) is 2.32. The number of amides is 1. The maximum absolute atomic E-state index is 11.9. The number of rotatable bonds is 4. The third kappa shape index (κ3) is 3.07. The van der Waals surface area contributed by atoms with Crippen molar-refractivity contribution in [3.8, 4) is 6.07 Å². The van der Waals surface area contributed by atoms with Gasteiger partial charge in [0.05, 0.1) is 11.6 Å². The summed E-state index contributed by atoms with van der Waals surface area (Å²) in [6, 6.07) is 3.59. The smallest absolute Gasteiger partial charge is 0.253 e. The monoisotopic (exact) mass is 236 g/mol. The van der Waals surface area contributed by atoms with E-state index in [1.54, 1.807) is 11.3 Å². The molecule has 0 aromatic carbocycles. The van der Waals surface area contributed by atoms with Gasteiger partial charge in [0.25, 0.3) is 5.91 Å². The molecule has 0 radical (unpaired) electrons. The van der Waals surface area contributed by atoms with E-state index in [2.05, 4.69) is 11.4 Å². The summed E-state index contributed by atoms with van der Waals surface area (Å²) in [6.45, 7) is 5.90. The molecular weight excluding hydrogens is 220 g/mol. The summed E-state index contributed by atoms with van der Waals surface area (Å²) < 4.78 is 0. The van der Waals surface area contributed by atoms with Gasteiger partial charge in [0.15, 0.2) is 0 Å². The van der Waals surface area contributed by atoms with Crippen molar-refractivity contribution in [1.82, 2.24) is 5.32 Å². The first kappa shape index (κ1) is 12.7. The SMILES string of the molecule is CCCC(C#N)NC(=O)c1cc(C)sc1C. The summed E-state index contributed by atoms with van der Waals surface area (Å²) in [7, 11) is 0. The lowest BCUT2D eigenvalue weighted by molar-refractivity contribution is 0.0944. The summed E-state index contributed by atoms with van der Waals surface area (Å²) >= 11 is 1.60. The van der Waals surface area contributed by atoms with Crippen LogP contribution in [0.3, 0.4) is 0 Å². The molecule has 1 atom stereocenters. The van der Waals surface area contributed by atoms with Gasteiger partial charge in [-0.05, 0) is 26.3 Å². The zero-order valence-corrected chi connectivity index (χ0v) is 10.6. The van der Waals surface area contributed by atoms with Gasteiger partial charge in [-0.1, -0.05) is 13.3 Å². The summed E-state index contributed by atoms with van der Waals surface area (Å²) in [4.78, 5) is 14.0. The van der Waals surface area contributed by atoms with Gasteiger partial charge in [0.1, 0.15) is 6.04 Å². The number of aryl methyl sites for hydroxylation is 2. The lowest BCUT2D eigenvalue weighted by atomic mass is 10.1. The van der Waals surface area contributed by atoms with Crippen LogP contribution in [0.4, 0.5) is 0 Å². The standard InChI is InChI=1S/C12H16N2OS/c1-4-5-10(7-13)14-12(15)11-6-8(2)16-9(11)3/h6,10H,4-5H2,1-3H3,(H,14,15). The molecule has 0 aliphatic rings. The zero-order chi connectivity index (χ0) is 12.1. The number of nitrogens with zero attached hydrogens (tertiary/aromatic N) is 1. The molecule has 16 heavy (non-hydrogen) atoms. The van der Waals surface area contributed by atoms with E-state index in [1.165, 1.54) is 0 Å². The molecule has 4 heteroatoms. The fourth-order valence-corrected chi connectivity index (χ4v) is 2.47. The van der Waals surface area contributed by atoms with Crippen molar-refractivity contribution in [3.63, 3.8) is 0 Å². The molecule has 3 nitrogen and oxygen atoms in total. The lowest BCUT2D eigenvalue weighted by Crippen LogP contribution is -2.33. The first-order chi connectivity index (χ1) is 7.58. The number of carbonyl (C=O) groups excluding carboxylic acids is 1. The number of hydrogen-bond donors (Lipinski definition) is 1. The van der Waals surface area contributed by atoms with Crippen LogP contribution in [0.25, 0.3) is 0 Å². The minimum atomic E-state index is -0.378. The van der Waals surface area contributed by atoms with Crippen molar-refractivity contribution in [2.45, 2.75) is 39.7 Å². The summed E-state index contributed by atoms with van der Waals surface area (Å²) in [5.74, 6) is -0.137. The topological polar surface area (TPSA) is 52.9 Å². The molecule has 0 fully saturated rings. The molecule has 1 aromatic heterocycles. The van der Waals surface area contributed by atoms with Crippen LogP contribution < -0.4 is 5.32 Å². The number of carbonyl (C=O) groups is 1. The maximum Gasteiger partial charge on any atom is 0.253 e. The van der Waals surface area contributed by atoms with Crippen LogP contribution in [-0.2, 0) is 0 Å². The molecule has 1 heterocycles. The molecule has 0 aliphatic carbocycles. The first-order valence-electron chi connectivity index (χ1n) is 5.36. The summed E-state index contributed by atoms with van der Waals surface area (Å²) in [5, 5.41) is 11.6. The van der Waals surface area contributed by atoms with Gasteiger partial charge in [0.2, 0.25) is 0 Å². The highest BCUT2D eigenvalue weighted by Crippen LogP contribution is 2.20. The molecule has 0 bridgehead atoms. The highest BCUT2D eigenvalue weighted by Gasteiger charge is 2.15. The van der Waals surface area contributed by atoms with E-state index in [1.807, 2.05) is 26.8 Å². The van der Waals surface area contributed by atoms with Crippen molar-refractivity contribution >= 4 is 17.2 Å². The number of thiophene rings is 1. The second kappa shape index (κ2) is 5.66. The van der Waals surface area contributed by atoms with E-state index in [0.29, 0.717) is 12.0 Å². The second-order valence-corrected chi connectivity index (χ2v) is 5.23. The van der Waals surface area contributed by atoms with E-state index >= 15 is 0 Å². The van der Waals surface area contributed by atoms with Gasteiger partial charge in [-0.3, -0.25) is 4.79 Å². The predicted octanol–water partition coefficient (Wildman–Crippen LogP) is 2.79. The number of nitriles is 1. The Morgan fingerprint density at radius 1 is 1.62 bits per heavy atom. The highest BCUT2D eigenvalue weighted by atomic mass is 32.1. The van der Waals surface area contributed by atoms with Crippen LogP contribution in [0.1, 0.15) is 39.9 Å². The molecule has 1 rings (SSSR count). The lowest BCUT2D eigenvalue weighted by Gasteiger charge is -2.09. The fourth-order valence-electron chi connectivity index (χ4n) is 1.55. The van der Waals surface area contributed by atoms with Crippen LogP contribution in [0.5, 0.6) is 0 Å². The van der Waals surface area contributed by atoms with Crippen molar-refractivity contribution in [3.05, 3.63) is 21.4 Å². The van der Waals surface area contributed by atoms with Crippen LogP contribution in [0.2, 0.25) is 0 Å². The maximum atomic E-state index is 11.9. The van der Waals surface area contributed by atoms with E-state index in [0.717, 1.165) is 16.2 Å². The molecule has 0 aliphatic heterocycles. The van der Waals surface area contributed by atoms with Crippen molar-refractivity contribution in [2.75, 3.05) is 0 Å². The Bertz CT molecular complexity index is 417. The number of hydrogen-bond acceptors (Lipinski definition) is 3. The molecule has 0 saturated heterocycles. The quantitative estimate of drug-likeness (QED) is 0.874. The van der Waals surface area contributed by atoms with Gasteiger partial charge in [0, 0.05) is 9.75 Å². The van der Waals surface area contributed by atoms with Gasteiger partial charge in [-0.2, -0.15) is 5.26 Å². The second-order valence-electron chi connectivity index (χ2n) is 3.77. The third-order valence-corrected chi connectivity index (χ3v) is 3.29. The van der Waals surface area contributed by atoms with E-state index in [4.69, 9.17) is 5.26 Å². The Hall–Kier alpha value is -1.34. The fraction of sp³-hybridized carbons (Fsp3) is 0.500. The molecule has 0 spiro atoms. The van der Waals surface area contributed by atoms with E-state index in [9.17, 15) is 4.79 Å². The Labute approximate surface area is 100 Å². The highest BCUT2D eigenvalue weighted by molar-refractivity contribution is 7.12. The van der Waals surface area contributed by atoms with Crippen LogP contribution in [0.15, 0.2) is 6.07 Å². The zero-order valence-electron chi connectivity index (χ0n) is 9.83. The summed E-state index contributed by atoms with van der Waals surface area (Å²) in [6.07, 6.45) is 1.59. The average Bonchev–Trinajstić information content (AvgIpc) is 2.57. The van der Waals surface area contributed by atoms with Crippen molar-refractivity contribution in [1.29, 1.82) is 5.26 Å². The first-order valence-corrected chi connectivity index (χ1v) is 6.17. The minimum Gasteiger partial charge on any atom is -0.336 e. The minimum absolute atomic E-state index is 0.137. The molecule has 1 amide bonds. The van der Waals surface area contributed by atoms with E-state index in [-0.39, 0.29) is 11.9 Å². The molecule has 1 aromatic rings. The predicted molar refractivity (Wildman–Crippen MR) is 65.6 cm³/mol. The van der Waals surface area contributed by atoms with Gasteiger partial charge in [-0.15, -0.1) is 11.3 Å². The molecule has 1 N–H and O–H groups in total. The van der Waals surface area contributed by atoms with Crippen molar-refractivity contribution < 1.29 is 4.79 Å². The van der Waals surface area contributed by atoms with Crippen LogP contribution >= 0.6 is 11.3 Å². The Kier molecular flexibility index (Phi) is 4.51. The summed E-state index contributed by atoms with van der Waals surface area (Å²) in [5.41, 5.74) is 0.693. The van der Waals surface area contributed by atoms with Gasteiger partial charge < -0.3 is 5.32 Å². The molecule has 1 unspecified atom stereocenters. The largest absolute Gasteiger partial charge is 0.336 e. The van der Waals surface area contributed by atoms with Crippen LogP contribution in [0, 0.1) is 25.2 Å². The molecule has 86 valence electrons. The molecular formula is C12H16N2OS. The Morgan fingerprint density at radius 2 is 2.31 bits per heavy atom. The van der Waals surface area contributed by atoms with Crippen molar-refractivity contribution in [2.24, 2.45) is 0 Å². The Balaban J connectivity index is 2.72. The van der Waals surface area contributed by atoms with Crippen LogP contribution in [-0.4, -0.2) is 11.9 Å². The van der Waals surface area contributed by atoms with Gasteiger partial charge >= 0.3 is 0 Å². The average molecular weight is 236 g/mol. The van der Waals surface area contributed by atoms with E-state index < -0.39 is 0 Å². The Morgan fingerprint density at radius 3 is 2.75 bits per heavy atom.